The summed E-state index contributed by atoms with van der Waals surface area (Å²) in [5.41, 5.74) is 1.28. The third kappa shape index (κ3) is 2.66. The Hall–Kier alpha value is -2.42. The first kappa shape index (κ1) is 17.0. The Morgan fingerprint density at radius 3 is 2.85 bits per heavy atom. The first-order valence-electron chi connectivity index (χ1n) is 8.20. The van der Waals surface area contributed by atoms with Crippen molar-refractivity contribution < 1.29 is 17.9 Å². The summed E-state index contributed by atoms with van der Waals surface area (Å²) < 4.78 is 34.1. The number of nitrogens with zero attached hydrogens (tertiary/aromatic N) is 1. The number of sulfonamides is 1. The summed E-state index contributed by atoms with van der Waals surface area (Å²) in [4.78, 5) is 11.6. The van der Waals surface area contributed by atoms with Crippen LogP contribution in [0.2, 0.25) is 0 Å². The number of hydrogen-bond donors (Lipinski definition) is 2. The number of benzene rings is 2. The van der Waals surface area contributed by atoms with Crippen molar-refractivity contribution in [1.29, 1.82) is 0 Å². The van der Waals surface area contributed by atoms with Crippen molar-refractivity contribution in [2.75, 3.05) is 6.54 Å². The van der Waals surface area contributed by atoms with E-state index in [-0.39, 0.29) is 11.4 Å². The number of aromatic nitrogens is 1. The summed E-state index contributed by atoms with van der Waals surface area (Å²) in [6.07, 6.45) is 1.17. The van der Waals surface area contributed by atoms with Crippen LogP contribution in [0.15, 0.2) is 56.6 Å². The average molecular weight is 374 g/mol. The molecule has 136 valence electrons. The topological polar surface area (TPSA) is 102 Å². The van der Waals surface area contributed by atoms with E-state index in [0.29, 0.717) is 23.9 Å². The van der Waals surface area contributed by atoms with E-state index in [1.165, 1.54) is 29.8 Å². The molecule has 1 aliphatic rings. The Labute approximate surface area is 149 Å². The Kier molecular flexibility index (Phi) is 3.80. The molecule has 0 bridgehead atoms. The van der Waals surface area contributed by atoms with E-state index in [1.807, 2.05) is 24.3 Å². The van der Waals surface area contributed by atoms with Gasteiger partial charge in [-0.05, 0) is 42.2 Å². The standard InChI is InChI=1S/C18H18N2O5S/c1-20-15-10-13(6-7-16(15)25-17(20)21)26(23,24)19-11-18(22)9-8-12-4-2-3-5-14(12)18/h2-7,10,19,22H,8-9,11H2,1H3/t18-/m1/s1. The van der Waals surface area contributed by atoms with E-state index in [0.717, 1.165) is 11.1 Å². The van der Waals surface area contributed by atoms with E-state index in [9.17, 15) is 18.3 Å². The van der Waals surface area contributed by atoms with E-state index in [2.05, 4.69) is 4.72 Å². The molecule has 0 amide bonds. The highest BCUT2D eigenvalue weighted by Gasteiger charge is 2.37. The van der Waals surface area contributed by atoms with Crippen molar-refractivity contribution >= 4 is 21.1 Å². The maximum Gasteiger partial charge on any atom is 0.419 e. The number of nitrogens with one attached hydrogen (secondary N) is 1. The molecule has 7 nitrogen and oxygen atoms in total. The van der Waals surface area contributed by atoms with Gasteiger partial charge >= 0.3 is 5.76 Å². The smallest absolute Gasteiger partial charge is 0.408 e. The number of fused-ring (bicyclic) bond motifs is 2. The van der Waals surface area contributed by atoms with E-state index in [1.54, 1.807) is 0 Å². The Bertz CT molecular complexity index is 1160. The Morgan fingerprint density at radius 2 is 2.04 bits per heavy atom. The SMILES string of the molecule is Cn1c(=O)oc2ccc(S(=O)(=O)NC[C@]3(O)CCc4ccccc43)cc21. The average Bonchev–Trinajstić information content (AvgIpc) is 3.12. The molecular formula is C18H18N2O5S. The maximum atomic E-state index is 12.7. The molecule has 0 aliphatic heterocycles. The van der Waals surface area contributed by atoms with Gasteiger partial charge in [0.15, 0.2) is 5.58 Å². The molecular weight excluding hydrogens is 356 g/mol. The van der Waals surface area contributed by atoms with Crippen LogP contribution in [0.1, 0.15) is 17.5 Å². The van der Waals surface area contributed by atoms with Gasteiger partial charge in [-0.25, -0.2) is 17.9 Å². The van der Waals surface area contributed by atoms with Crippen LogP contribution in [-0.4, -0.2) is 24.6 Å². The molecule has 26 heavy (non-hydrogen) atoms. The van der Waals surface area contributed by atoms with E-state index < -0.39 is 21.4 Å². The molecule has 2 N–H and O–H groups in total. The monoisotopic (exact) mass is 374 g/mol. The van der Waals surface area contributed by atoms with Gasteiger partial charge in [0.1, 0.15) is 5.60 Å². The lowest BCUT2D eigenvalue weighted by Crippen LogP contribution is -2.39. The summed E-state index contributed by atoms with van der Waals surface area (Å²) in [6.45, 7) is -0.116. The van der Waals surface area contributed by atoms with Gasteiger partial charge in [-0.2, -0.15) is 0 Å². The van der Waals surface area contributed by atoms with E-state index >= 15 is 0 Å². The highest BCUT2D eigenvalue weighted by molar-refractivity contribution is 7.89. The van der Waals surface area contributed by atoms with Crippen molar-refractivity contribution in [2.45, 2.75) is 23.3 Å². The molecule has 0 saturated carbocycles. The lowest BCUT2D eigenvalue weighted by atomic mass is 9.96. The lowest BCUT2D eigenvalue weighted by Gasteiger charge is -2.24. The summed E-state index contributed by atoms with van der Waals surface area (Å²) in [7, 11) is -2.34. The molecule has 0 fully saturated rings. The van der Waals surface area contributed by atoms with Crippen LogP contribution < -0.4 is 10.5 Å². The molecule has 1 heterocycles. The number of hydrogen-bond acceptors (Lipinski definition) is 5. The van der Waals surface area contributed by atoms with E-state index in [4.69, 9.17) is 4.42 Å². The predicted octanol–water partition coefficient (Wildman–Crippen LogP) is 1.24. The molecule has 0 saturated heterocycles. The number of aryl methyl sites for hydroxylation is 2. The minimum absolute atomic E-state index is 0.0104. The second kappa shape index (κ2) is 5.80. The molecule has 2 aromatic carbocycles. The molecule has 8 heteroatoms. The summed E-state index contributed by atoms with van der Waals surface area (Å²) in [5, 5.41) is 10.9. The van der Waals surface area contributed by atoms with Crippen LogP contribution in [0.3, 0.4) is 0 Å². The second-order valence-corrected chi connectivity index (χ2v) is 8.34. The van der Waals surface area contributed by atoms with Gasteiger partial charge in [-0.1, -0.05) is 24.3 Å². The second-order valence-electron chi connectivity index (χ2n) is 6.57. The highest BCUT2D eigenvalue weighted by Crippen LogP contribution is 2.36. The summed E-state index contributed by atoms with van der Waals surface area (Å²) in [5.74, 6) is -0.556. The zero-order chi connectivity index (χ0) is 18.5. The van der Waals surface area contributed by atoms with Gasteiger partial charge in [-0.3, -0.25) is 4.57 Å². The van der Waals surface area contributed by atoms with Crippen LogP contribution in [0.5, 0.6) is 0 Å². The maximum absolute atomic E-state index is 12.7. The predicted molar refractivity (Wildman–Crippen MR) is 95.3 cm³/mol. The molecule has 0 spiro atoms. The molecule has 4 rings (SSSR count). The first-order valence-corrected chi connectivity index (χ1v) is 9.68. The number of rotatable bonds is 4. The lowest BCUT2D eigenvalue weighted by molar-refractivity contribution is 0.0442. The third-order valence-corrected chi connectivity index (χ3v) is 6.35. The Morgan fingerprint density at radius 1 is 1.27 bits per heavy atom. The molecule has 1 aliphatic carbocycles. The van der Waals surface area contributed by atoms with Crippen LogP contribution in [0, 0.1) is 0 Å². The number of aliphatic hydroxyl groups is 1. The fraction of sp³-hybridized carbons (Fsp3) is 0.278. The van der Waals surface area contributed by atoms with Gasteiger partial charge < -0.3 is 9.52 Å². The largest absolute Gasteiger partial charge is 0.419 e. The Balaban J connectivity index is 1.62. The normalized spacial score (nSPS) is 19.8. The first-order chi connectivity index (χ1) is 12.3. The minimum atomic E-state index is -3.85. The van der Waals surface area contributed by atoms with Crippen molar-refractivity contribution in [1.82, 2.24) is 9.29 Å². The van der Waals surface area contributed by atoms with Gasteiger partial charge in [0.2, 0.25) is 10.0 Å². The fourth-order valence-electron chi connectivity index (χ4n) is 3.42. The van der Waals surface area contributed by atoms with Crippen molar-refractivity contribution in [3.8, 4) is 0 Å². The van der Waals surface area contributed by atoms with Crippen LogP contribution in [0.25, 0.3) is 11.1 Å². The van der Waals surface area contributed by atoms with Gasteiger partial charge in [0.25, 0.3) is 0 Å². The highest BCUT2D eigenvalue weighted by atomic mass is 32.2. The van der Waals surface area contributed by atoms with Crippen molar-refractivity contribution in [3.05, 3.63) is 64.1 Å². The molecule has 0 radical (unpaired) electrons. The molecule has 1 atom stereocenters. The zero-order valence-electron chi connectivity index (χ0n) is 14.1. The van der Waals surface area contributed by atoms with Crippen molar-refractivity contribution in [3.63, 3.8) is 0 Å². The van der Waals surface area contributed by atoms with Gasteiger partial charge in [0, 0.05) is 13.6 Å². The summed E-state index contributed by atoms with van der Waals surface area (Å²) >= 11 is 0. The van der Waals surface area contributed by atoms with Gasteiger partial charge in [0.05, 0.1) is 10.4 Å². The molecule has 1 aromatic heterocycles. The van der Waals surface area contributed by atoms with Crippen LogP contribution in [0.4, 0.5) is 0 Å². The van der Waals surface area contributed by atoms with Gasteiger partial charge in [-0.15, -0.1) is 0 Å². The van der Waals surface area contributed by atoms with Crippen LogP contribution in [-0.2, 0) is 29.1 Å². The summed E-state index contributed by atoms with van der Waals surface area (Å²) in [6, 6.07) is 11.7. The quantitative estimate of drug-likeness (QED) is 0.716. The molecule has 3 aromatic rings. The van der Waals surface area contributed by atoms with Crippen LogP contribution >= 0.6 is 0 Å². The molecule has 0 unspecified atom stereocenters. The van der Waals surface area contributed by atoms with Crippen molar-refractivity contribution in [2.24, 2.45) is 7.05 Å². The fourth-order valence-corrected chi connectivity index (χ4v) is 4.53. The minimum Gasteiger partial charge on any atom is -0.408 e. The number of oxazole rings is 1. The zero-order valence-corrected chi connectivity index (χ0v) is 14.9. The third-order valence-electron chi connectivity index (χ3n) is 4.95.